The number of hydrogen-bond acceptors (Lipinski definition) is 3. The Balaban J connectivity index is 2.82. The van der Waals surface area contributed by atoms with Crippen LogP contribution < -0.4 is 0 Å². The fourth-order valence-corrected chi connectivity index (χ4v) is 0.348. The highest BCUT2D eigenvalue weighted by Crippen LogP contribution is 1.67. The highest BCUT2D eigenvalue weighted by molar-refractivity contribution is 5.97. The molecule has 0 aliphatic carbocycles. The van der Waals surface area contributed by atoms with Gasteiger partial charge in [-0.1, -0.05) is 0 Å². The summed E-state index contributed by atoms with van der Waals surface area (Å²) in [6, 6.07) is 0. The van der Waals surface area contributed by atoms with Crippen LogP contribution in [0.4, 0.5) is 0 Å². The Bertz CT molecular complexity index is 66.0. The standard InChI is InChI=1S/C2H7NO3Si/c4-3(5)1-2-6-7/h1-2H2,7H3. The van der Waals surface area contributed by atoms with Crippen molar-refractivity contribution in [2.75, 3.05) is 13.2 Å². The van der Waals surface area contributed by atoms with Crippen molar-refractivity contribution in [2.24, 2.45) is 0 Å². The fourth-order valence-electron chi connectivity index (χ4n) is 0.166. The number of rotatable bonds is 3. The molecule has 0 spiro atoms. The van der Waals surface area contributed by atoms with Crippen LogP contribution in [0, 0.1) is 10.1 Å². The third-order valence-corrected chi connectivity index (χ3v) is 0.886. The first-order chi connectivity index (χ1) is 3.27. The third kappa shape index (κ3) is 5.58. The summed E-state index contributed by atoms with van der Waals surface area (Å²) in [5.74, 6) is 0. The van der Waals surface area contributed by atoms with Gasteiger partial charge in [0.25, 0.3) is 0 Å². The van der Waals surface area contributed by atoms with E-state index in [1.165, 1.54) is 0 Å². The van der Waals surface area contributed by atoms with Crippen molar-refractivity contribution in [1.82, 2.24) is 0 Å². The Kier molecular flexibility index (Phi) is 3.53. The maximum atomic E-state index is 9.50. The number of nitrogens with zero attached hydrogens (tertiary/aromatic N) is 1. The summed E-state index contributed by atoms with van der Waals surface area (Å²) in [7, 11) is 0.590. The van der Waals surface area contributed by atoms with Crippen molar-refractivity contribution in [3.63, 3.8) is 0 Å². The number of nitro groups is 1. The molecule has 0 N–H and O–H groups in total. The molecule has 5 heteroatoms. The Morgan fingerprint density at radius 3 is 2.57 bits per heavy atom. The van der Waals surface area contributed by atoms with Gasteiger partial charge in [0, 0.05) is 4.92 Å². The first-order valence-corrected chi connectivity index (χ1v) is 2.69. The largest absolute Gasteiger partial charge is 0.421 e. The highest BCUT2D eigenvalue weighted by atomic mass is 28.2. The van der Waals surface area contributed by atoms with Gasteiger partial charge in [0.2, 0.25) is 6.54 Å². The minimum Gasteiger partial charge on any atom is -0.421 e. The van der Waals surface area contributed by atoms with E-state index < -0.39 is 4.92 Å². The second-order valence-electron chi connectivity index (χ2n) is 1.05. The van der Waals surface area contributed by atoms with Crippen molar-refractivity contribution in [1.29, 1.82) is 0 Å². The zero-order chi connectivity index (χ0) is 5.70. The lowest BCUT2D eigenvalue weighted by molar-refractivity contribution is -0.481. The van der Waals surface area contributed by atoms with Gasteiger partial charge in [-0.05, 0) is 0 Å². The molecule has 0 rings (SSSR count). The van der Waals surface area contributed by atoms with Crippen molar-refractivity contribution in [2.45, 2.75) is 0 Å². The zero-order valence-corrected chi connectivity index (χ0v) is 6.09. The van der Waals surface area contributed by atoms with Crippen LogP contribution in [0.2, 0.25) is 0 Å². The van der Waals surface area contributed by atoms with Crippen LogP contribution in [0.25, 0.3) is 0 Å². The van der Waals surface area contributed by atoms with E-state index in [1.54, 1.807) is 0 Å². The molecule has 0 bridgehead atoms. The van der Waals surface area contributed by atoms with E-state index in [1.807, 2.05) is 0 Å². The molecule has 0 aliphatic heterocycles. The van der Waals surface area contributed by atoms with E-state index in [2.05, 4.69) is 4.43 Å². The van der Waals surface area contributed by atoms with Crippen molar-refractivity contribution >= 4 is 10.5 Å². The summed E-state index contributed by atoms with van der Waals surface area (Å²) < 4.78 is 4.55. The maximum absolute atomic E-state index is 9.50. The normalized spacial score (nSPS) is 9.14. The molecule has 0 aromatic heterocycles. The predicted octanol–water partition coefficient (Wildman–Crippen LogP) is -1.44. The van der Waals surface area contributed by atoms with Gasteiger partial charge in [-0.3, -0.25) is 10.1 Å². The van der Waals surface area contributed by atoms with Crippen LogP contribution in [0.1, 0.15) is 0 Å². The molecule has 42 valence electrons. The molecule has 4 nitrogen and oxygen atoms in total. The van der Waals surface area contributed by atoms with Gasteiger partial charge in [-0.2, -0.15) is 0 Å². The molecule has 0 atom stereocenters. The van der Waals surface area contributed by atoms with Crippen LogP contribution in [-0.2, 0) is 4.43 Å². The minimum absolute atomic E-state index is 0.0660. The SMILES string of the molecule is O=[N+]([O-])CCO[SiH3]. The molecule has 0 aromatic rings. The van der Waals surface area contributed by atoms with Gasteiger partial charge in [0.05, 0.1) is 6.61 Å². The summed E-state index contributed by atoms with van der Waals surface area (Å²) in [5, 5.41) is 9.50. The van der Waals surface area contributed by atoms with Crippen molar-refractivity contribution in [3.05, 3.63) is 10.1 Å². The number of hydrogen-bond donors (Lipinski definition) is 0. The van der Waals surface area contributed by atoms with E-state index in [0.29, 0.717) is 10.5 Å². The summed E-state index contributed by atoms with van der Waals surface area (Å²) in [4.78, 5) is 9.11. The second-order valence-corrected chi connectivity index (χ2v) is 1.63. The summed E-state index contributed by atoms with van der Waals surface area (Å²) in [5.41, 5.74) is 0. The van der Waals surface area contributed by atoms with Crippen molar-refractivity contribution in [3.8, 4) is 0 Å². The molecule has 7 heavy (non-hydrogen) atoms. The maximum Gasteiger partial charge on any atom is 0.225 e. The predicted molar refractivity (Wildman–Crippen MR) is 27.8 cm³/mol. The highest BCUT2D eigenvalue weighted by Gasteiger charge is 1.90. The summed E-state index contributed by atoms with van der Waals surface area (Å²) >= 11 is 0. The van der Waals surface area contributed by atoms with E-state index >= 15 is 0 Å². The van der Waals surface area contributed by atoms with Crippen LogP contribution in [0.3, 0.4) is 0 Å². The van der Waals surface area contributed by atoms with Gasteiger partial charge in [-0.15, -0.1) is 0 Å². The lowest BCUT2D eigenvalue weighted by atomic mass is 10.7. The Labute approximate surface area is 44.2 Å². The quantitative estimate of drug-likeness (QED) is 0.261. The molecule has 0 saturated carbocycles. The second kappa shape index (κ2) is 3.76. The average molecular weight is 121 g/mol. The lowest BCUT2D eigenvalue weighted by Crippen LogP contribution is -2.06. The molecule has 0 aliphatic rings. The summed E-state index contributed by atoms with van der Waals surface area (Å²) in [6.45, 7) is 0.197. The van der Waals surface area contributed by atoms with Gasteiger partial charge in [-0.25, -0.2) is 0 Å². The van der Waals surface area contributed by atoms with Crippen LogP contribution in [-0.4, -0.2) is 28.6 Å². The molecule has 0 amide bonds. The smallest absolute Gasteiger partial charge is 0.225 e. The van der Waals surface area contributed by atoms with E-state index in [0.717, 1.165) is 0 Å². The molecule has 0 radical (unpaired) electrons. The molecule has 0 heterocycles. The molecule has 0 aromatic carbocycles. The first kappa shape index (κ1) is 6.58. The monoisotopic (exact) mass is 121 g/mol. The van der Waals surface area contributed by atoms with E-state index in [-0.39, 0.29) is 13.2 Å². The lowest BCUT2D eigenvalue weighted by Gasteiger charge is -1.88. The van der Waals surface area contributed by atoms with Gasteiger partial charge < -0.3 is 4.43 Å². The molecular formula is C2H7NO3Si. The molecule has 0 unspecified atom stereocenters. The Hall–Kier alpha value is -0.423. The zero-order valence-electron chi connectivity index (χ0n) is 4.09. The molecular weight excluding hydrogens is 114 g/mol. The van der Waals surface area contributed by atoms with Gasteiger partial charge in [0.15, 0.2) is 0 Å². The van der Waals surface area contributed by atoms with Gasteiger partial charge in [0.1, 0.15) is 10.5 Å². The van der Waals surface area contributed by atoms with Crippen LogP contribution >= 0.6 is 0 Å². The molecule has 0 saturated heterocycles. The van der Waals surface area contributed by atoms with Crippen LogP contribution in [0.5, 0.6) is 0 Å². The van der Waals surface area contributed by atoms with Crippen molar-refractivity contribution < 1.29 is 9.35 Å². The Morgan fingerprint density at radius 2 is 2.43 bits per heavy atom. The van der Waals surface area contributed by atoms with E-state index in [4.69, 9.17) is 0 Å². The Morgan fingerprint density at radius 1 is 1.86 bits per heavy atom. The molecule has 0 fully saturated rings. The average Bonchev–Trinajstić information content (AvgIpc) is 1.61. The topological polar surface area (TPSA) is 52.4 Å². The summed E-state index contributed by atoms with van der Waals surface area (Å²) in [6.07, 6.45) is 0. The minimum atomic E-state index is -0.391. The van der Waals surface area contributed by atoms with Gasteiger partial charge >= 0.3 is 0 Å². The third-order valence-electron chi connectivity index (χ3n) is 0.478. The van der Waals surface area contributed by atoms with Crippen LogP contribution in [0.15, 0.2) is 0 Å². The van der Waals surface area contributed by atoms with E-state index in [9.17, 15) is 10.1 Å². The fraction of sp³-hybridized carbons (Fsp3) is 1.00. The first-order valence-electron chi connectivity index (χ1n) is 1.88.